The van der Waals surface area contributed by atoms with Crippen molar-refractivity contribution in [1.29, 1.82) is 0 Å². The molecule has 2 aromatic carbocycles. The summed E-state index contributed by atoms with van der Waals surface area (Å²) < 4.78 is 26.3. The van der Waals surface area contributed by atoms with Crippen LogP contribution in [0, 0.1) is 0 Å². The van der Waals surface area contributed by atoms with Crippen LogP contribution < -0.4 is 5.32 Å². The van der Waals surface area contributed by atoms with Crippen molar-refractivity contribution >= 4 is 49.2 Å². The Morgan fingerprint density at radius 1 is 1.08 bits per heavy atom. The molecular formula is C17H16BrClN2O4S. The summed E-state index contributed by atoms with van der Waals surface area (Å²) in [7, 11) is -1.35. The number of carbonyl (C=O) groups excluding carboxylic acids is 2. The predicted octanol–water partition coefficient (Wildman–Crippen LogP) is 2.72. The van der Waals surface area contributed by atoms with Crippen molar-refractivity contribution in [2.24, 2.45) is 0 Å². The van der Waals surface area contributed by atoms with Crippen LogP contribution in [0.15, 0.2) is 57.9 Å². The highest BCUT2D eigenvalue weighted by atomic mass is 79.9. The molecule has 0 fully saturated rings. The number of hydrogen-bond donors (Lipinski definition) is 1. The predicted molar refractivity (Wildman–Crippen MR) is 103 cm³/mol. The Kier molecular flexibility index (Phi) is 6.44. The largest absolute Gasteiger partial charge is 0.346 e. The van der Waals surface area contributed by atoms with E-state index in [9.17, 15) is 18.0 Å². The van der Waals surface area contributed by atoms with Crippen LogP contribution >= 0.6 is 27.5 Å². The first-order chi connectivity index (χ1) is 12.1. The highest BCUT2D eigenvalue weighted by Crippen LogP contribution is 2.21. The quantitative estimate of drug-likeness (QED) is 0.745. The fraction of sp³-hybridized carbons (Fsp3) is 0.176. The zero-order valence-electron chi connectivity index (χ0n) is 13.9. The monoisotopic (exact) mass is 458 g/mol. The Labute approximate surface area is 165 Å². The van der Waals surface area contributed by atoms with Gasteiger partial charge in [-0.25, -0.2) is 8.42 Å². The number of benzene rings is 2. The van der Waals surface area contributed by atoms with E-state index in [2.05, 4.69) is 21.2 Å². The van der Waals surface area contributed by atoms with Crippen LogP contribution in [0.3, 0.4) is 0 Å². The number of amides is 2. The molecule has 2 amide bonds. The first-order valence-electron chi connectivity index (χ1n) is 7.40. The number of nitrogens with zero attached hydrogens (tertiary/aromatic N) is 1. The zero-order chi connectivity index (χ0) is 19.5. The van der Waals surface area contributed by atoms with Crippen molar-refractivity contribution in [2.75, 3.05) is 14.1 Å². The maximum absolute atomic E-state index is 12.9. The molecule has 0 aliphatic heterocycles. The SMILES string of the molecule is CN(C)C(=O)C(NC(=O)c1ccccc1Br)S(=O)(=O)c1ccc(Cl)cc1. The standard InChI is InChI=1S/C17H16BrClN2O4S/c1-21(2)17(23)16(20-15(22)13-5-3-4-6-14(13)18)26(24,25)12-9-7-11(19)8-10-12/h3-10,16H,1-2H3,(H,20,22). The Balaban J connectivity index is 2.44. The molecule has 6 nitrogen and oxygen atoms in total. The average molecular weight is 460 g/mol. The van der Waals surface area contributed by atoms with Gasteiger partial charge in [-0.3, -0.25) is 9.59 Å². The topological polar surface area (TPSA) is 83.6 Å². The lowest BCUT2D eigenvalue weighted by Crippen LogP contribution is -2.50. The summed E-state index contributed by atoms with van der Waals surface area (Å²) in [6.07, 6.45) is 0. The third-order valence-electron chi connectivity index (χ3n) is 3.50. The molecule has 138 valence electrons. The fourth-order valence-corrected chi connectivity index (χ4v) is 4.23. The van der Waals surface area contributed by atoms with Crippen LogP contribution in [0.4, 0.5) is 0 Å². The van der Waals surface area contributed by atoms with Gasteiger partial charge in [0, 0.05) is 23.6 Å². The van der Waals surface area contributed by atoms with Crippen molar-refractivity contribution in [3.8, 4) is 0 Å². The highest BCUT2D eigenvalue weighted by molar-refractivity contribution is 9.10. The lowest BCUT2D eigenvalue weighted by Gasteiger charge is -2.22. The highest BCUT2D eigenvalue weighted by Gasteiger charge is 2.37. The number of carbonyl (C=O) groups is 2. The van der Waals surface area contributed by atoms with Crippen LogP contribution in [0.1, 0.15) is 10.4 Å². The average Bonchev–Trinajstić information content (AvgIpc) is 2.59. The van der Waals surface area contributed by atoms with Gasteiger partial charge in [-0.05, 0) is 52.3 Å². The molecule has 0 aliphatic carbocycles. The Morgan fingerprint density at radius 3 is 2.19 bits per heavy atom. The van der Waals surface area contributed by atoms with E-state index in [0.29, 0.717) is 9.50 Å². The molecule has 0 heterocycles. The van der Waals surface area contributed by atoms with Crippen molar-refractivity contribution in [3.05, 3.63) is 63.6 Å². The molecular weight excluding hydrogens is 444 g/mol. The minimum Gasteiger partial charge on any atom is -0.346 e. The van der Waals surface area contributed by atoms with Crippen LogP contribution in [-0.4, -0.2) is 44.6 Å². The maximum Gasteiger partial charge on any atom is 0.260 e. The molecule has 2 rings (SSSR count). The Bertz CT molecular complexity index is 930. The first kappa shape index (κ1) is 20.4. The van der Waals surface area contributed by atoms with Crippen LogP contribution in [0.2, 0.25) is 5.02 Å². The van der Waals surface area contributed by atoms with Crippen LogP contribution in [0.25, 0.3) is 0 Å². The van der Waals surface area contributed by atoms with Gasteiger partial charge in [0.25, 0.3) is 11.8 Å². The summed E-state index contributed by atoms with van der Waals surface area (Å²) >= 11 is 9.03. The Morgan fingerprint density at radius 2 is 1.65 bits per heavy atom. The lowest BCUT2D eigenvalue weighted by atomic mass is 10.2. The van der Waals surface area contributed by atoms with E-state index in [-0.39, 0.29) is 10.5 Å². The van der Waals surface area contributed by atoms with Gasteiger partial charge < -0.3 is 10.2 Å². The zero-order valence-corrected chi connectivity index (χ0v) is 17.1. The van der Waals surface area contributed by atoms with E-state index in [0.717, 1.165) is 4.90 Å². The van der Waals surface area contributed by atoms with Gasteiger partial charge in [0.15, 0.2) is 0 Å². The van der Waals surface area contributed by atoms with Crippen LogP contribution in [0.5, 0.6) is 0 Å². The molecule has 0 aromatic heterocycles. The number of sulfone groups is 1. The number of halogens is 2. The number of likely N-dealkylation sites (N-methyl/N-ethyl adjacent to an activating group) is 1. The molecule has 26 heavy (non-hydrogen) atoms. The minimum atomic E-state index is -4.18. The molecule has 0 saturated carbocycles. The third-order valence-corrected chi connectivity index (χ3v) is 6.31. The smallest absolute Gasteiger partial charge is 0.260 e. The summed E-state index contributed by atoms with van der Waals surface area (Å²) in [6.45, 7) is 0. The van der Waals surface area contributed by atoms with Gasteiger partial charge in [-0.1, -0.05) is 23.7 Å². The third kappa shape index (κ3) is 4.44. The normalized spacial score (nSPS) is 12.3. The van der Waals surface area contributed by atoms with Gasteiger partial charge in [0.05, 0.1) is 10.5 Å². The molecule has 0 radical (unpaired) electrons. The second-order valence-electron chi connectivity index (χ2n) is 5.56. The van der Waals surface area contributed by atoms with Crippen molar-refractivity contribution in [3.63, 3.8) is 0 Å². The van der Waals surface area contributed by atoms with Gasteiger partial charge >= 0.3 is 0 Å². The number of nitrogens with one attached hydrogen (secondary N) is 1. The molecule has 1 atom stereocenters. The molecule has 0 saturated heterocycles. The molecule has 1 unspecified atom stereocenters. The first-order valence-corrected chi connectivity index (χ1v) is 10.1. The summed E-state index contributed by atoms with van der Waals surface area (Å²) in [5.41, 5.74) is 0.218. The second kappa shape index (κ2) is 8.20. The summed E-state index contributed by atoms with van der Waals surface area (Å²) in [6, 6.07) is 11.9. The van der Waals surface area contributed by atoms with E-state index < -0.39 is 27.0 Å². The second-order valence-corrected chi connectivity index (χ2v) is 8.89. The van der Waals surface area contributed by atoms with E-state index >= 15 is 0 Å². The van der Waals surface area contributed by atoms with Crippen molar-refractivity contribution < 1.29 is 18.0 Å². The maximum atomic E-state index is 12.9. The fourth-order valence-electron chi connectivity index (χ4n) is 2.11. The minimum absolute atomic E-state index is 0.116. The lowest BCUT2D eigenvalue weighted by molar-refractivity contribution is -0.128. The van der Waals surface area contributed by atoms with Gasteiger partial charge in [0.1, 0.15) is 0 Å². The molecule has 1 N–H and O–H groups in total. The van der Waals surface area contributed by atoms with E-state index in [4.69, 9.17) is 11.6 Å². The van der Waals surface area contributed by atoms with Crippen molar-refractivity contribution in [2.45, 2.75) is 10.3 Å². The van der Waals surface area contributed by atoms with Crippen molar-refractivity contribution in [1.82, 2.24) is 10.2 Å². The van der Waals surface area contributed by atoms with Crippen LogP contribution in [-0.2, 0) is 14.6 Å². The molecule has 9 heteroatoms. The van der Waals surface area contributed by atoms with E-state index in [1.165, 1.54) is 44.4 Å². The summed E-state index contributed by atoms with van der Waals surface area (Å²) in [5, 5.41) is 0.920. The molecule has 0 bridgehead atoms. The number of hydrogen-bond acceptors (Lipinski definition) is 4. The van der Waals surface area contributed by atoms with E-state index in [1.807, 2.05) is 0 Å². The number of rotatable bonds is 5. The molecule has 0 spiro atoms. The Hall–Kier alpha value is -1.90. The summed E-state index contributed by atoms with van der Waals surface area (Å²) in [5.74, 6) is -1.45. The summed E-state index contributed by atoms with van der Waals surface area (Å²) in [4.78, 5) is 26.0. The van der Waals surface area contributed by atoms with Gasteiger partial charge in [-0.2, -0.15) is 0 Å². The molecule has 2 aromatic rings. The van der Waals surface area contributed by atoms with Gasteiger partial charge in [-0.15, -0.1) is 0 Å². The van der Waals surface area contributed by atoms with Gasteiger partial charge in [0.2, 0.25) is 15.2 Å². The van der Waals surface area contributed by atoms with E-state index in [1.54, 1.807) is 18.2 Å². The molecule has 0 aliphatic rings.